The number of allylic oxidation sites excluding steroid dienone is 1. The predicted octanol–water partition coefficient (Wildman–Crippen LogP) is 3.99. The highest BCUT2D eigenvalue weighted by molar-refractivity contribution is 6.11. The molecule has 1 aliphatic carbocycles. The van der Waals surface area contributed by atoms with Gasteiger partial charge in [0.05, 0.1) is 18.1 Å². The van der Waals surface area contributed by atoms with E-state index in [4.69, 9.17) is 4.74 Å². The molecule has 0 saturated heterocycles. The Kier molecular flexibility index (Phi) is 5.16. The summed E-state index contributed by atoms with van der Waals surface area (Å²) in [6.45, 7) is 6.06. The smallest absolute Gasteiger partial charge is 0.336 e. The van der Waals surface area contributed by atoms with Crippen LogP contribution in [0.3, 0.4) is 0 Å². The topological polar surface area (TPSA) is 55.7 Å². The molecule has 1 heterocycles. The molecular weight excluding hydrogens is 314 g/mol. The van der Waals surface area contributed by atoms with Crippen LogP contribution in [0, 0.1) is 5.92 Å². The highest BCUT2D eigenvalue weighted by Gasteiger charge is 2.43. The van der Waals surface area contributed by atoms with Gasteiger partial charge in [-0.3, -0.25) is 9.79 Å². The largest absolute Gasteiger partial charge is 0.463 e. The van der Waals surface area contributed by atoms with Gasteiger partial charge in [0.15, 0.2) is 0 Å². The zero-order valence-electron chi connectivity index (χ0n) is 15.2. The lowest BCUT2D eigenvalue weighted by molar-refractivity contribution is -0.139. The Labute approximate surface area is 149 Å². The Morgan fingerprint density at radius 1 is 1.16 bits per heavy atom. The number of ether oxygens (including phenoxy) is 1. The van der Waals surface area contributed by atoms with Crippen molar-refractivity contribution in [1.82, 2.24) is 0 Å². The number of carbonyl (C=O) groups is 2. The SMILES string of the molecule is CCOC(=O)C1=C(C)N=C2CCCC(=O)C2[C@@H]1c1ccc(CC)cc1. The second-order valence-electron chi connectivity index (χ2n) is 6.69. The zero-order valence-corrected chi connectivity index (χ0v) is 15.2. The molecule has 132 valence electrons. The van der Waals surface area contributed by atoms with Crippen LogP contribution in [0.5, 0.6) is 0 Å². The Morgan fingerprint density at radius 3 is 2.52 bits per heavy atom. The molecule has 1 aromatic carbocycles. The van der Waals surface area contributed by atoms with E-state index in [1.54, 1.807) is 6.92 Å². The van der Waals surface area contributed by atoms with E-state index in [0.717, 1.165) is 30.5 Å². The van der Waals surface area contributed by atoms with Crippen molar-refractivity contribution in [3.8, 4) is 0 Å². The summed E-state index contributed by atoms with van der Waals surface area (Å²) in [5.74, 6) is -0.788. The minimum Gasteiger partial charge on any atom is -0.463 e. The molecule has 1 saturated carbocycles. The number of hydrogen-bond donors (Lipinski definition) is 0. The molecule has 4 heteroatoms. The van der Waals surface area contributed by atoms with E-state index in [2.05, 4.69) is 24.0 Å². The Hall–Kier alpha value is -2.23. The second-order valence-corrected chi connectivity index (χ2v) is 6.69. The fraction of sp³-hybridized carbons (Fsp3) is 0.476. The van der Waals surface area contributed by atoms with E-state index in [9.17, 15) is 9.59 Å². The molecule has 2 aliphatic rings. The molecule has 25 heavy (non-hydrogen) atoms. The minimum absolute atomic E-state index is 0.184. The molecule has 1 aliphatic heterocycles. The first kappa shape index (κ1) is 17.6. The van der Waals surface area contributed by atoms with E-state index >= 15 is 0 Å². The first-order chi connectivity index (χ1) is 12.1. The molecule has 1 aromatic rings. The van der Waals surface area contributed by atoms with Crippen LogP contribution in [0.15, 0.2) is 40.5 Å². The van der Waals surface area contributed by atoms with Crippen LogP contribution in [0.25, 0.3) is 0 Å². The maximum atomic E-state index is 12.7. The van der Waals surface area contributed by atoms with Gasteiger partial charge in [-0.15, -0.1) is 0 Å². The van der Waals surface area contributed by atoms with Gasteiger partial charge >= 0.3 is 5.97 Å². The lowest BCUT2D eigenvalue weighted by Gasteiger charge is -2.35. The van der Waals surface area contributed by atoms with Gasteiger partial charge in [0.1, 0.15) is 5.78 Å². The van der Waals surface area contributed by atoms with Crippen LogP contribution < -0.4 is 0 Å². The van der Waals surface area contributed by atoms with Crippen LogP contribution in [0.4, 0.5) is 0 Å². The quantitative estimate of drug-likeness (QED) is 0.779. The lowest BCUT2D eigenvalue weighted by Crippen LogP contribution is -2.39. The summed E-state index contributed by atoms with van der Waals surface area (Å²) in [4.78, 5) is 30.0. The summed E-state index contributed by atoms with van der Waals surface area (Å²) in [5.41, 5.74) is 4.37. The molecular formula is C21H25NO3. The minimum atomic E-state index is -0.356. The molecule has 1 fully saturated rings. The third kappa shape index (κ3) is 3.30. The summed E-state index contributed by atoms with van der Waals surface area (Å²) in [6, 6.07) is 8.24. The van der Waals surface area contributed by atoms with Gasteiger partial charge in [-0.05, 0) is 44.2 Å². The van der Waals surface area contributed by atoms with E-state index < -0.39 is 0 Å². The summed E-state index contributed by atoms with van der Waals surface area (Å²) in [7, 11) is 0. The van der Waals surface area contributed by atoms with Crippen molar-refractivity contribution in [1.29, 1.82) is 0 Å². The number of carbonyl (C=O) groups excluding carboxylic acids is 2. The van der Waals surface area contributed by atoms with Crippen molar-refractivity contribution in [2.24, 2.45) is 10.9 Å². The number of Topliss-reactive ketones (excluding diaryl/α,β-unsaturated/α-hetero) is 1. The third-order valence-electron chi connectivity index (χ3n) is 5.15. The standard InChI is InChI=1S/C21H25NO3/c1-4-14-9-11-15(12-10-14)19-18(21(24)25-5-2)13(3)22-16-7-6-8-17(23)20(16)19/h9-12,19-20H,4-8H2,1-3H3/t19-,20?/m1/s1. The van der Waals surface area contributed by atoms with Crippen LogP contribution in [-0.4, -0.2) is 24.1 Å². The Balaban J connectivity index is 2.11. The fourth-order valence-corrected chi connectivity index (χ4v) is 3.91. The number of nitrogens with zero attached hydrogens (tertiary/aromatic N) is 1. The average Bonchev–Trinajstić information content (AvgIpc) is 2.61. The van der Waals surface area contributed by atoms with Crippen molar-refractivity contribution in [3.63, 3.8) is 0 Å². The maximum Gasteiger partial charge on any atom is 0.336 e. The molecule has 0 aromatic heterocycles. The molecule has 3 rings (SSSR count). The molecule has 0 bridgehead atoms. The van der Waals surface area contributed by atoms with Crippen LogP contribution in [-0.2, 0) is 20.7 Å². The van der Waals surface area contributed by atoms with Crippen molar-refractivity contribution >= 4 is 17.5 Å². The molecule has 0 amide bonds. The molecule has 1 unspecified atom stereocenters. The maximum absolute atomic E-state index is 12.7. The fourth-order valence-electron chi connectivity index (χ4n) is 3.91. The van der Waals surface area contributed by atoms with Crippen molar-refractivity contribution in [2.45, 2.75) is 52.4 Å². The monoisotopic (exact) mass is 339 g/mol. The van der Waals surface area contributed by atoms with Crippen molar-refractivity contribution < 1.29 is 14.3 Å². The van der Waals surface area contributed by atoms with Crippen molar-refractivity contribution in [3.05, 3.63) is 46.7 Å². The van der Waals surface area contributed by atoms with E-state index in [0.29, 0.717) is 24.3 Å². The summed E-state index contributed by atoms with van der Waals surface area (Å²) >= 11 is 0. The van der Waals surface area contributed by atoms with Gasteiger partial charge in [-0.25, -0.2) is 4.79 Å². The lowest BCUT2D eigenvalue weighted by atomic mass is 9.69. The average molecular weight is 339 g/mol. The first-order valence-corrected chi connectivity index (χ1v) is 9.13. The third-order valence-corrected chi connectivity index (χ3v) is 5.15. The first-order valence-electron chi connectivity index (χ1n) is 9.13. The number of aryl methyl sites for hydroxylation is 1. The highest BCUT2D eigenvalue weighted by atomic mass is 16.5. The summed E-state index contributed by atoms with van der Waals surface area (Å²) in [6.07, 6.45) is 3.19. The molecule has 0 spiro atoms. The number of ketones is 1. The van der Waals surface area contributed by atoms with Crippen LogP contribution in [0.2, 0.25) is 0 Å². The number of esters is 1. The van der Waals surface area contributed by atoms with Gasteiger partial charge in [0, 0.05) is 23.7 Å². The van der Waals surface area contributed by atoms with Crippen LogP contribution in [0.1, 0.15) is 57.1 Å². The van der Waals surface area contributed by atoms with Gasteiger partial charge in [-0.1, -0.05) is 31.2 Å². The van der Waals surface area contributed by atoms with Crippen molar-refractivity contribution in [2.75, 3.05) is 6.61 Å². The highest BCUT2D eigenvalue weighted by Crippen LogP contribution is 2.43. The second kappa shape index (κ2) is 7.34. The summed E-state index contributed by atoms with van der Waals surface area (Å²) in [5, 5.41) is 0. The van der Waals surface area contributed by atoms with Gasteiger partial charge < -0.3 is 4.74 Å². The Morgan fingerprint density at radius 2 is 1.88 bits per heavy atom. The predicted molar refractivity (Wildman–Crippen MR) is 97.7 cm³/mol. The zero-order chi connectivity index (χ0) is 18.0. The van der Waals surface area contributed by atoms with Gasteiger partial charge in [0.2, 0.25) is 0 Å². The summed E-state index contributed by atoms with van der Waals surface area (Å²) < 4.78 is 5.29. The Bertz CT molecular complexity index is 743. The van der Waals surface area contributed by atoms with E-state index in [1.807, 2.05) is 19.1 Å². The van der Waals surface area contributed by atoms with Gasteiger partial charge in [-0.2, -0.15) is 0 Å². The van der Waals surface area contributed by atoms with E-state index in [1.165, 1.54) is 5.56 Å². The van der Waals surface area contributed by atoms with Gasteiger partial charge in [0.25, 0.3) is 0 Å². The van der Waals surface area contributed by atoms with E-state index in [-0.39, 0.29) is 23.6 Å². The van der Waals surface area contributed by atoms with Crippen LogP contribution >= 0.6 is 0 Å². The molecule has 4 nitrogen and oxygen atoms in total. The number of aliphatic imine (C=N–C) groups is 1. The number of rotatable bonds is 4. The number of benzene rings is 1. The number of fused-ring (bicyclic) bond motifs is 1. The molecule has 2 atom stereocenters. The number of hydrogen-bond acceptors (Lipinski definition) is 4. The normalized spacial score (nSPS) is 23.2. The molecule has 0 N–H and O–H groups in total. The molecule has 0 radical (unpaired) electrons.